The summed E-state index contributed by atoms with van der Waals surface area (Å²) >= 11 is 0. The fraction of sp³-hybridized carbons (Fsp3) is 0.391. The summed E-state index contributed by atoms with van der Waals surface area (Å²) in [6.07, 6.45) is 1.07. The smallest absolute Gasteiger partial charge is 0.224 e. The normalized spacial score (nSPS) is 11.2. The molecule has 1 heterocycles. The predicted molar refractivity (Wildman–Crippen MR) is 116 cm³/mol. The first-order chi connectivity index (χ1) is 14.1. The number of hydrogen-bond acceptors (Lipinski definition) is 4. The molecule has 2 aromatic carbocycles. The van der Waals surface area contributed by atoms with Gasteiger partial charge in [0.15, 0.2) is 0 Å². The highest BCUT2D eigenvalue weighted by atomic mass is 16.5. The average Bonchev–Trinajstić information content (AvgIpc) is 3.05. The fourth-order valence-electron chi connectivity index (χ4n) is 3.30. The second-order valence-corrected chi connectivity index (χ2v) is 7.33. The van der Waals surface area contributed by atoms with Crippen molar-refractivity contribution >= 4 is 16.9 Å². The van der Waals surface area contributed by atoms with E-state index in [0.29, 0.717) is 26.0 Å². The van der Waals surface area contributed by atoms with Gasteiger partial charge in [0.2, 0.25) is 5.91 Å². The molecule has 3 rings (SSSR count). The number of amides is 1. The Balaban J connectivity index is 1.57. The van der Waals surface area contributed by atoms with Gasteiger partial charge in [-0.15, -0.1) is 0 Å². The van der Waals surface area contributed by atoms with E-state index in [0.717, 1.165) is 41.3 Å². The van der Waals surface area contributed by atoms with Crippen molar-refractivity contribution in [3.63, 3.8) is 0 Å². The van der Waals surface area contributed by atoms with E-state index in [-0.39, 0.29) is 5.91 Å². The van der Waals surface area contributed by atoms with Gasteiger partial charge in [0.25, 0.3) is 0 Å². The number of benzene rings is 2. The Kier molecular flexibility index (Phi) is 7.25. The number of ether oxygens (including phenoxy) is 1. The molecular formula is C23H30N4O2. The molecule has 3 aromatic rings. The second kappa shape index (κ2) is 10.1. The molecule has 1 aromatic heterocycles. The number of imidazole rings is 1. The summed E-state index contributed by atoms with van der Waals surface area (Å²) in [6, 6.07) is 15.9. The number of carbonyl (C=O) groups excluding carboxylic acids is 1. The van der Waals surface area contributed by atoms with Crippen molar-refractivity contribution in [1.29, 1.82) is 0 Å². The summed E-state index contributed by atoms with van der Waals surface area (Å²) in [5, 5.41) is 3.02. The average molecular weight is 395 g/mol. The molecule has 0 saturated heterocycles. The molecule has 6 nitrogen and oxygen atoms in total. The summed E-state index contributed by atoms with van der Waals surface area (Å²) in [4.78, 5) is 19.3. The lowest BCUT2D eigenvalue weighted by Gasteiger charge is -2.13. The molecule has 0 atom stereocenters. The van der Waals surface area contributed by atoms with Gasteiger partial charge in [-0.3, -0.25) is 4.79 Å². The fourth-order valence-corrected chi connectivity index (χ4v) is 3.30. The van der Waals surface area contributed by atoms with E-state index in [1.807, 2.05) is 49.4 Å². The maximum Gasteiger partial charge on any atom is 0.224 e. The van der Waals surface area contributed by atoms with Crippen molar-refractivity contribution < 1.29 is 9.53 Å². The van der Waals surface area contributed by atoms with Crippen LogP contribution in [0.3, 0.4) is 0 Å². The lowest BCUT2D eigenvalue weighted by molar-refractivity contribution is -0.120. The topological polar surface area (TPSA) is 59.4 Å². The van der Waals surface area contributed by atoms with Crippen LogP contribution in [0.2, 0.25) is 0 Å². The molecule has 0 unspecified atom stereocenters. The van der Waals surface area contributed by atoms with Gasteiger partial charge in [0, 0.05) is 26.1 Å². The Morgan fingerprint density at radius 1 is 1.14 bits per heavy atom. The zero-order chi connectivity index (χ0) is 20.6. The third-order valence-electron chi connectivity index (χ3n) is 4.77. The zero-order valence-corrected chi connectivity index (χ0v) is 17.5. The first-order valence-electron chi connectivity index (χ1n) is 10.1. The van der Waals surface area contributed by atoms with Crippen molar-refractivity contribution in [2.45, 2.75) is 26.3 Å². The minimum Gasteiger partial charge on any atom is -0.494 e. The molecule has 1 N–H and O–H groups in total. The number of rotatable bonds is 10. The highest BCUT2D eigenvalue weighted by Gasteiger charge is 2.11. The van der Waals surface area contributed by atoms with Crippen LogP contribution < -0.4 is 10.1 Å². The Labute approximate surface area is 172 Å². The van der Waals surface area contributed by atoms with Crippen LogP contribution >= 0.6 is 0 Å². The number of para-hydroxylation sites is 2. The van der Waals surface area contributed by atoms with Crippen molar-refractivity contribution in [1.82, 2.24) is 19.8 Å². The monoisotopic (exact) mass is 394 g/mol. The minimum absolute atomic E-state index is 0.0186. The third-order valence-corrected chi connectivity index (χ3v) is 4.77. The SMILES string of the molecule is CCOc1ccc(CC(=O)NCCc2nc3ccccc3n2CCN(C)C)cc1. The van der Waals surface area contributed by atoms with Crippen LogP contribution in [0.4, 0.5) is 0 Å². The van der Waals surface area contributed by atoms with Crippen LogP contribution in [0.15, 0.2) is 48.5 Å². The van der Waals surface area contributed by atoms with Gasteiger partial charge in [-0.2, -0.15) is 0 Å². The Hall–Kier alpha value is -2.86. The molecule has 0 radical (unpaired) electrons. The molecule has 0 saturated carbocycles. The van der Waals surface area contributed by atoms with Crippen LogP contribution in [-0.4, -0.2) is 54.1 Å². The van der Waals surface area contributed by atoms with E-state index >= 15 is 0 Å². The zero-order valence-electron chi connectivity index (χ0n) is 17.5. The molecule has 154 valence electrons. The number of carbonyl (C=O) groups is 1. The molecule has 1 amide bonds. The first-order valence-corrected chi connectivity index (χ1v) is 10.1. The molecule has 0 bridgehead atoms. The van der Waals surface area contributed by atoms with E-state index in [9.17, 15) is 4.79 Å². The van der Waals surface area contributed by atoms with Gasteiger partial charge in [-0.25, -0.2) is 4.98 Å². The summed E-state index contributed by atoms with van der Waals surface area (Å²) in [5.74, 6) is 1.85. The molecule has 0 aliphatic carbocycles. The largest absolute Gasteiger partial charge is 0.494 e. The minimum atomic E-state index is 0.0186. The molecule has 0 aliphatic heterocycles. The lowest BCUT2D eigenvalue weighted by Crippen LogP contribution is -2.28. The number of nitrogens with zero attached hydrogens (tertiary/aromatic N) is 3. The van der Waals surface area contributed by atoms with Gasteiger partial charge in [0.1, 0.15) is 11.6 Å². The Morgan fingerprint density at radius 2 is 1.90 bits per heavy atom. The molecule has 0 fully saturated rings. The van der Waals surface area contributed by atoms with Gasteiger partial charge >= 0.3 is 0 Å². The van der Waals surface area contributed by atoms with E-state index in [1.165, 1.54) is 0 Å². The maximum atomic E-state index is 12.3. The first kappa shape index (κ1) is 20.9. The van der Waals surface area contributed by atoms with Crippen LogP contribution in [-0.2, 0) is 24.2 Å². The van der Waals surface area contributed by atoms with Crippen molar-refractivity contribution in [2.24, 2.45) is 0 Å². The number of nitrogens with one attached hydrogen (secondary N) is 1. The summed E-state index contributed by atoms with van der Waals surface area (Å²) in [5.41, 5.74) is 3.12. The lowest BCUT2D eigenvalue weighted by atomic mass is 10.1. The van der Waals surface area contributed by atoms with Crippen LogP contribution in [0, 0.1) is 0 Å². The van der Waals surface area contributed by atoms with Gasteiger partial charge < -0.3 is 19.5 Å². The van der Waals surface area contributed by atoms with Crippen LogP contribution in [0.25, 0.3) is 11.0 Å². The molecule has 0 spiro atoms. The Morgan fingerprint density at radius 3 is 2.62 bits per heavy atom. The number of likely N-dealkylation sites (N-methyl/N-ethyl adjacent to an activating group) is 1. The predicted octanol–water partition coefficient (Wildman–Crippen LogP) is 2.90. The molecule has 6 heteroatoms. The van der Waals surface area contributed by atoms with E-state index < -0.39 is 0 Å². The highest BCUT2D eigenvalue weighted by Crippen LogP contribution is 2.16. The van der Waals surface area contributed by atoms with E-state index in [2.05, 4.69) is 34.9 Å². The van der Waals surface area contributed by atoms with Gasteiger partial charge in [0.05, 0.1) is 24.1 Å². The molecule has 29 heavy (non-hydrogen) atoms. The highest BCUT2D eigenvalue weighted by molar-refractivity contribution is 5.78. The van der Waals surface area contributed by atoms with E-state index in [1.54, 1.807) is 0 Å². The van der Waals surface area contributed by atoms with Crippen molar-refractivity contribution in [2.75, 3.05) is 33.8 Å². The number of hydrogen-bond donors (Lipinski definition) is 1. The van der Waals surface area contributed by atoms with Gasteiger partial charge in [-0.1, -0.05) is 24.3 Å². The maximum absolute atomic E-state index is 12.3. The second-order valence-electron chi connectivity index (χ2n) is 7.33. The number of aromatic nitrogens is 2. The molecular weight excluding hydrogens is 364 g/mol. The van der Waals surface area contributed by atoms with Crippen LogP contribution in [0.1, 0.15) is 18.3 Å². The summed E-state index contributed by atoms with van der Waals surface area (Å²) in [6.45, 7) is 4.98. The third kappa shape index (κ3) is 5.81. The molecule has 0 aliphatic rings. The summed E-state index contributed by atoms with van der Waals surface area (Å²) in [7, 11) is 4.14. The van der Waals surface area contributed by atoms with Crippen molar-refractivity contribution in [3.8, 4) is 5.75 Å². The Bertz CT molecular complexity index is 932. The van der Waals surface area contributed by atoms with Gasteiger partial charge in [-0.05, 0) is 50.8 Å². The summed E-state index contributed by atoms with van der Waals surface area (Å²) < 4.78 is 7.70. The van der Waals surface area contributed by atoms with Crippen LogP contribution in [0.5, 0.6) is 5.75 Å². The van der Waals surface area contributed by atoms with Crippen molar-refractivity contribution in [3.05, 3.63) is 59.9 Å². The number of fused-ring (bicyclic) bond motifs is 1. The quantitative estimate of drug-likeness (QED) is 0.574. The standard InChI is InChI=1S/C23H30N4O2/c1-4-29-19-11-9-18(10-12-19)17-23(28)24-14-13-22-25-20-7-5-6-8-21(20)27(22)16-15-26(2)3/h5-12H,4,13-17H2,1-3H3,(H,24,28). The van der Waals surface area contributed by atoms with E-state index in [4.69, 9.17) is 9.72 Å².